The lowest BCUT2D eigenvalue weighted by molar-refractivity contribution is -0.141. The molecule has 0 fully saturated rings. The monoisotopic (exact) mass is 325 g/mol. The number of aromatic nitrogens is 3. The number of hydrogen-bond donors (Lipinski definition) is 1. The first kappa shape index (κ1) is 14.6. The van der Waals surface area contributed by atoms with E-state index in [1.165, 1.54) is 18.2 Å². The van der Waals surface area contributed by atoms with Crippen molar-refractivity contribution >= 4 is 29.2 Å². The summed E-state index contributed by atoms with van der Waals surface area (Å²) in [7, 11) is 0. The fraction of sp³-hybridized carbons (Fsp3) is 0.100. The van der Waals surface area contributed by atoms with E-state index in [0.717, 1.165) is 0 Å². The number of benzene rings is 1. The number of halogens is 5. The van der Waals surface area contributed by atoms with Crippen LogP contribution in [0.25, 0.3) is 5.69 Å². The average Bonchev–Trinajstić information content (AvgIpc) is 2.77. The SMILES string of the molecule is O=C(O)c1nn(-c2cc(Cl)ccc2Cl)nc1C(F)(F)F. The Kier molecular flexibility index (Phi) is 3.61. The lowest BCUT2D eigenvalue weighted by Crippen LogP contribution is -2.12. The number of hydrogen-bond acceptors (Lipinski definition) is 3. The van der Waals surface area contributed by atoms with Crippen molar-refractivity contribution in [2.45, 2.75) is 6.18 Å². The molecule has 1 N–H and O–H groups in total. The van der Waals surface area contributed by atoms with Crippen LogP contribution in [0.2, 0.25) is 10.0 Å². The maximum Gasteiger partial charge on any atom is 0.437 e. The predicted molar refractivity (Wildman–Crippen MR) is 63.3 cm³/mol. The molecule has 0 aliphatic rings. The molecule has 20 heavy (non-hydrogen) atoms. The molecule has 0 bridgehead atoms. The molecule has 2 rings (SSSR count). The minimum atomic E-state index is -4.95. The normalized spacial score (nSPS) is 11.7. The Balaban J connectivity index is 2.65. The van der Waals surface area contributed by atoms with Crippen molar-refractivity contribution < 1.29 is 23.1 Å². The van der Waals surface area contributed by atoms with Crippen LogP contribution in [0, 0.1) is 0 Å². The fourth-order valence-corrected chi connectivity index (χ4v) is 1.75. The van der Waals surface area contributed by atoms with E-state index in [1.54, 1.807) is 0 Å². The van der Waals surface area contributed by atoms with Gasteiger partial charge in [-0.25, -0.2) is 4.79 Å². The van der Waals surface area contributed by atoms with E-state index in [0.29, 0.717) is 4.80 Å². The zero-order chi connectivity index (χ0) is 15.1. The quantitative estimate of drug-likeness (QED) is 0.919. The van der Waals surface area contributed by atoms with Gasteiger partial charge in [0.25, 0.3) is 0 Å². The highest BCUT2D eigenvalue weighted by atomic mass is 35.5. The largest absolute Gasteiger partial charge is 0.476 e. The van der Waals surface area contributed by atoms with Crippen LogP contribution in [0.1, 0.15) is 16.2 Å². The molecule has 0 aliphatic heterocycles. The molecule has 1 aromatic heterocycles. The van der Waals surface area contributed by atoms with Gasteiger partial charge in [-0.1, -0.05) is 23.2 Å². The lowest BCUT2D eigenvalue weighted by Gasteiger charge is -2.03. The molecule has 1 heterocycles. The standard InChI is InChI=1S/C10H4Cl2F3N3O2/c11-4-1-2-5(12)6(3-4)18-16-7(9(19)20)8(17-18)10(13,14)15/h1-3H,(H,19,20). The first-order valence-electron chi connectivity index (χ1n) is 4.93. The summed E-state index contributed by atoms with van der Waals surface area (Å²) in [4.78, 5) is 11.3. The Morgan fingerprint density at radius 1 is 1.25 bits per heavy atom. The third kappa shape index (κ3) is 2.70. The van der Waals surface area contributed by atoms with Crippen LogP contribution in [0.4, 0.5) is 13.2 Å². The van der Waals surface area contributed by atoms with Gasteiger partial charge in [0.15, 0.2) is 0 Å². The molecule has 0 saturated carbocycles. The molecule has 0 aliphatic carbocycles. The summed E-state index contributed by atoms with van der Waals surface area (Å²) in [6.07, 6.45) is -4.95. The van der Waals surface area contributed by atoms with Gasteiger partial charge >= 0.3 is 12.1 Å². The van der Waals surface area contributed by atoms with Crippen molar-refractivity contribution in [3.8, 4) is 5.69 Å². The molecule has 0 atom stereocenters. The maximum atomic E-state index is 12.7. The van der Waals surface area contributed by atoms with E-state index in [1.807, 2.05) is 0 Å². The maximum absolute atomic E-state index is 12.7. The van der Waals surface area contributed by atoms with Crippen LogP contribution in [0.15, 0.2) is 18.2 Å². The average molecular weight is 326 g/mol. The van der Waals surface area contributed by atoms with Crippen molar-refractivity contribution in [2.75, 3.05) is 0 Å². The molecular formula is C10H4Cl2F3N3O2. The van der Waals surface area contributed by atoms with Gasteiger partial charge in [0.05, 0.1) is 5.02 Å². The topological polar surface area (TPSA) is 68.0 Å². The van der Waals surface area contributed by atoms with Crippen LogP contribution in [-0.2, 0) is 6.18 Å². The van der Waals surface area contributed by atoms with E-state index < -0.39 is 23.5 Å². The van der Waals surface area contributed by atoms with E-state index in [4.69, 9.17) is 28.3 Å². The fourth-order valence-electron chi connectivity index (χ4n) is 1.39. The van der Waals surface area contributed by atoms with Crippen molar-refractivity contribution in [2.24, 2.45) is 0 Å². The van der Waals surface area contributed by atoms with Gasteiger partial charge in [-0.15, -0.1) is 15.0 Å². The molecule has 0 spiro atoms. The number of aromatic carboxylic acids is 1. The molecule has 0 saturated heterocycles. The van der Waals surface area contributed by atoms with E-state index in [-0.39, 0.29) is 15.7 Å². The number of carboxylic acid groups (broad SMARTS) is 1. The van der Waals surface area contributed by atoms with E-state index in [2.05, 4.69) is 10.2 Å². The summed E-state index contributed by atoms with van der Waals surface area (Å²) < 4.78 is 38.0. The van der Waals surface area contributed by atoms with E-state index in [9.17, 15) is 18.0 Å². The smallest absolute Gasteiger partial charge is 0.437 e. The van der Waals surface area contributed by atoms with Gasteiger partial charge in [0.2, 0.25) is 11.4 Å². The number of alkyl halides is 3. The van der Waals surface area contributed by atoms with Crippen LogP contribution in [0.3, 0.4) is 0 Å². The number of rotatable bonds is 2. The minimum Gasteiger partial charge on any atom is -0.476 e. The summed E-state index contributed by atoms with van der Waals surface area (Å²) in [5.41, 5.74) is -2.88. The Labute approximate surface area is 119 Å². The van der Waals surface area contributed by atoms with Crippen LogP contribution in [0.5, 0.6) is 0 Å². The second-order valence-electron chi connectivity index (χ2n) is 3.59. The van der Waals surface area contributed by atoms with Crippen LogP contribution < -0.4 is 0 Å². The second kappa shape index (κ2) is 4.95. The first-order chi connectivity index (χ1) is 9.20. The van der Waals surface area contributed by atoms with Gasteiger partial charge in [0.1, 0.15) is 5.69 Å². The van der Waals surface area contributed by atoms with Gasteiger partial charge < -0.3 is 5.11 Å². The van der Waals surface area contributed by atoms with Crippen molar-refractivity contribution in [1.29, 1.82) is 0 Å². The number of carboxylic acids is 1. The summed E-state index contributed by atoms with van der Waals surface area (Å²) >= 11 is 11.5. The Hall–Kier alpha value is -1.80. The van der Waals surface area contributed by atoms with Crippen molar-refractivity contribution in [3.05, 3.63) is 39.6 Å². The van der Waals surface area contributed by atoms with Crippen LogP contribution >= 0.6 is 23.2 Å². The molecule has 0 radical (unpaired) electrons. The Bertz CT molecular complexity index is 685. The molecular weight excluding hydrogens is 322 g/mol. The highest BCUT2D eigenvalue weighted by Crippen LogP contribution is 2.31. The Morgan fingerprint density at radius 2 is 1.90 bits per heavy atom. The number of nitrogens with zero attached hydrogens (tertiary/aromatic N) is 3. The second-order valence-corrected chi connectivity index (χ2v) is 4.43. The Morgan fingerprint density at radius 3 is 2.40 bits per heavy atom. The zero-order valence-electron chi connectivity index (χ0n) is 9.32. The summed E-state index contributed by atoms with van der Waals surface area (Å²) in [5, 5.41) is 15.4. The minimum absolute atomic E-state index is 0.0232. The van der Waals surface area contributed by atoms with Crippen LogP contribution in [-0.4, -0.2) is 26.1 Å². The molecule has 2 aromatic rings. The van der Waals surface area contributed by atoms with Crippen molar-refractivity contribution in [1.82, 2.24) is 15.0 Å². The summed E-state index contributed by atoms with van der Waals surface area (Å²) in [6, 6.07) is 3.96. The predicted octanol–water partition coefficient (Wildman–Crippen LogP) is 3.29. The molecule has 10 heteroatoms. The summed E-state index contributed by atoms with van der Waals surface area (Å²) in [6.45, 7) is 0. The molecule has 5 nitrogen and oxygen atoms in total. The molecule has 0 amide bonds. The zero-order valence-corrected chi connectivity index (χ0v) is 10.8. The third-order valence-corrected chi connectivity index (χ3v) is 2.76. The van der Waals surface area contributed by atoms with Gasteiger partial charge in [-0.3, -0.25) is 0 Å². The first-order valence-corrected chi connectivity index (χ1v) is 5.69. The highest BCUT2D eigenvalue weighted by molar-refractivity contribution is 6.34. The van der Waals surface area contributed by atoms with Crippen molar-refractivity contribution in [3.63, 3.8) is 0 Å². The molecule has 106 valence electrons. The number of carbonyl (C=O) groups is 1. The highest BCUT2D eigenvalue weighted by Gasteiger charge is 2.41. The van der Waals surface area contributed by atoms with Gasteiger partial charge in [0, 0.05) is 5.02 Å². The van der Waals surface area contributed by atoms with E-state index >= 15 is 0 Å². The third-order valence-electron chi connectivity index (χ3n) is 2.21. The van der Waals surface area contributed by atoms with Gasteiger partial charge in [-0.2, -0.15) is 13.2 Å². The molecule has 0 unspecified atom stereocenters. The van der Waals surface area contributed by atoms with Gasteiger partial charge in [-0.05, 0) is 18.2 Å². The summed E-state index contributed by atoms with van der Waals surface area (Å²) in [5.74, 6) is -1.85. The molecule has 1 aromatic carbocycles. The lowest BCUT2D eigenvalue weighted by atomic mass is 10.3.